The van der Waals surface area contributed by atoms with E-state index in [1.54, 1.807) is 0 Å². The summed E-state index contributed by atoms with van der Waals surface area (Å²) in [7, 11) is 0. The lowest BCUT2D eigenvalue weighted by atomic mass is 10.1. The van der Waals surface area contributed by atoms with E-state index in [4.69, 9.17) is 4.98 Å². The first-order valence-corrected chi connectivity index (χ1v) is 10.7. The van der Waals surface area contributed by atoms with E-state index in [2.05, 4.69) is 17.1 Å². The second kappa shape index (κ2) is 8.86. The number of benzene rings is 2. The number of carbonyl (C=O) groups excluding carboxylic acids is 1. The Balaban J connectivity index is 1.75. The SMILES string of the molecule is CCN1CCc2nc(-c3ccccc3)n(CC(=O)Nc3c(C)cccc3C)c(=O)c2C1. The molecule has 3 aromatic rings. The fourth-order valence-corrected chi connectivity index (χ4v) is 4.13. The molecule has 0 fully saturated rings. The van der Waals surface area contributed by atoms with Gasteiger partial charge in [-0.05, 0) is 31.5 Å². The number of aromatic nitrogens is 2. The number of anilines is 1. The number of nitrogens with zero attached hydrogens (tertiary/aromatic N) is 3. The van der Waals surface area contributed by atoms with E-state index in [0.29, 0.717) is 17.9 Å². The van der Waals surface area contributed by atoms with Crippen molar-refractivity contribution >= 4 is 11.6 Å². The fraction of sp³-hybridized carbons (Fsp3) is 0.320. The van der Waals surface area contributed by atoms with E-state index < -0.39 is 0 Å². The van der Waals surface area contributed by atoms with Gasteiger partial charge in [-0.3, -0.25) is 19.1 Å². The number of likely N-dealkylation sites (N-methyl/N-ethyl adjacent to an activating group) is 1. The third-order valence-electron chi connectivity index (χ3n) is 5.92. The Kier molecular flexibility index (Phi) is 6.00. The Hall–Kier alpha value is -3.25. The highest BCUT2D eigenvalue weighted by Gasteiger charge is 2.24. The summed E-state index contributed by atoms with van der Waals surface area (Å²) in [6.45, 7) is 8.28. The van der Waals surface area contributed by atoms with Crippen LogP contribution in [0.4, 0.5) is 5.69 Å². The lowest BCUT2D eigenvalue weighted by molar-refractivity contribution is -0.116. The van der Waals surface area contributed by atoms with Crippen molar-refractivity contribution in [1.82, 2.24) is 14.5 Å². The first-order valence-electron chi connectivity index (χ1n) is 10.7. The first-order chi connectivity index (χ1) is 15.0. The van der Waals surface area contributed by atoms with E-state index in [0.717, 1.165) is 47.6 Å². The number of nitrogens with one attached hydrogen (secondary N) is 1. The molecule has 1 aliphatic rings. The molecule has 2 heterocycles. The maximum Gasteiger partial charge on any atom is 0.259 e. The van der Waals surface area contributed by atoms with Gasteiger partial charge in [-0.2, -0.15) is 0 Å². The van der Waals surface area contributed by atoms with Crippen molar-refractivity contribution in [2.75, 3.05) is 18.4 Å². The van der Waals surface area contributed by atoms with Crippen molar-refractivity contribution < 1.29 is 4.79 Å². The highest BCUT2D eigenvalue weighted by atomic mass is 16.2. The largest absolute Gasteiger partial charge is 0.324 e. The summed E-state index contributed by atoms with van der Waals surface area (Å²) in [4.78, 5) is 33.6. The maximum absolute atomic E-state index is 13.5. The van der Waals surface area contributed by atoms with Crippen LogP contribution in [-0.4, -0.2) is 33.4 Å². The maximum atomic E-state index is 13.5. The van der Waals surface area contributed by atoms with Crippen LogP contribution in [0.2, 0.25) is 0 Å². The zero-order valence-corrected chi connectivity index (χ0v) is 18.3. The van der Waals surface area contributed by atoms with Crippen LogP contribution in [0, 0.1) is 13.8 Å². The first kappa shape index (κ1) is 21.0. The van der Waals surface area contributed by atoms with Gasteiger partial charge < -0.3 is 5.32 Å². The molecule has 0 aliphatic carbocycles. The molecule has 1 aliphatic heterocycles. The van der Waals surface area contributed by atoms with Gasteiger partial charge in [0, 0.05) is 30.8 Å². The van der Waals surface area contributed by atoms with E-state index in [1.807, 2.05) is 62.4 Å². The van der Waals surface area contributed by atoms with Crippen molar-refractivity contribution in [2.45, 2.75) is 40.3 Å². The second-order valence-corrected chi connectivity index (χ2v) is 8.05. The molecule has 6 heteroatoms. The summed E-state index contributed by atoms with van der Waals surface area (Å²) in [5.41, 5.74) is 5.04. The molecule has 0 saturated heterocycles. The molecule has 1 aromatic heterocycles. The highest BCUT2D eigenvalue weighted by Crippen LogP contribution is 2.22. The van der Waals surface area contributed by atoms with Gasteiger partial charge in [0.25, 0.3) is 5.56 Å². The molecule has 1 amide bonds. The van der Waals surface area contributed by atoms with Gasteiger partial charge in [-0.15, -0.1) is 0 Å². The molecule has 2 aromatic carbocycles. The summed E-state index contributed by atoms with van der Waals surface area (Å²) in [5, 5.41) is 3.00. The van der Waals surface area contributed by atoms with Crippen LogP contribution in [0.25, 0.3) is 11.4 Å². The lowest BCUT2D eigenvalue weighted by Gasteiger charge is -2.27. The van der Waals surface area contributed by atoms with Crippen LogP contribution in [0.15, 0.2) is 53.3 Å². The Bertz CT molecular complexity index is 1150. The summed E-state index contributed by atoms with van der Waals surface area (Å²) in [5.74, 6) is 0.313. The summed E-state index contributed by atoms with van der Waals surface area (Å²) in [6, 6.07) is 15.5. The molecule has 6 nitrogen and oxygen atoms in total. The van der Waals surface area contributed by atoms with Crippen molar-refractivity contribution in [3.63, 3.8) is 0 Å². The Labute approximate surface area is 182 Å². The van der Waals surface area contributed by atoms with E-state index in [9.17, 15) is 9.59 Å². The van der Waals surface area contributed by atoms with E-state index >= 15 is 0 Å². The topological polar surface area (TPSA) is 67.2 Å². The van der Waals surface area contributed by atoms with Gasteiger partial charge in [0.1, 0.15) is 12.4 Å². The summed E-state index contributed by atoms with van der Waals surface area (Å²) in [6.07, 6.45) is 0.744. The minimum Gasteiger partial charge on any atom is -0.324 e. The van der Waals surface area contributed by atoms with Crippen LogP contribution < -0.4 is 10.9 Å². The van der Waals surface area contributed by atoms with Crippen LogP contribution >= 0.6 is 0 Å². The summed E-state index contributed by atoms with van der Waals surface area (Å²) >= 11 is 0. The molecule has 0 spiro atoms. The number of para-hydroxylation sites is 1. The van der Waals surface area contributed by atoms with Crippen molar-refractivity contribution in [3.05, 3.63) is 81.3 Å². The molecule has 4 rings (SSSR count). The van der Waals surface area contributed by atoms with Gasteiger partial charge in [0.05, 0.1) is 11.3 Å². The average Bonchev–Trinajstić information content (AvgIpc) is 2.78. The third-order valence-corrected chi connectivity index (χ3v) is 5.92. The molecular formula is C25H28N4O2. The minimum atomic E-state index is -0.235. The molecule has 1 N–H and O–H groups in total. The number of fused-ring (bicyclic) bond motifs is 1. The number of aryl methyl sites for hydroxylation is 2. The monoisotopic (exact) mass is 416 g/mol. The Morgan fingerprint density at radius 3 is 2.45 bits per heavy atom. The minimum absolute atomic E-state index is 0.0801. The number of hydrogen-bond donors (Lipinski definition) is 1. The third kappa shape index (κ3) is 4.30. The molecular weight excluding hydrogens is 388 g/mol. The van der Waals surface area contributed by atoms with Crippen LogP contribution in [0.3, 0.4) is 0 Å². The quantitative estimate of drug-likeness (QED) is 0.691. The lowest BCUT2D eigenvalue weighted by Crippen LogP contribution is -2.39. The number of carbonyl (C=O) groups is 1. The van der Waals surface area contributed by atoms with Crippen molar-refractivity contribution in [3.8, 4) is 11.4 Å². The second-order valence-electron chi connectivity index (χ2n) is 8.05. The smallest absolute Gasteiger partial charge is 0.259 e. The molecule has 160 valence electrons. The highest BCUT2D eigenvalue weighted by molar-refractivity contribution is 5.92. The van der Waals surface area contributed by atoms with Crippen molar-refractivity contribution in [1.29, 1.82) is 0 Å². The fourth-order valence-electron chi connectivity index (χ4n) is 4.13. The zero-order valence-electron chi connectivity index (χ0n) is 18.3. The number of amides is 1. The molecule has 0 bridgehead atoms. The normalized spacial score (nSPS) is 13.6. The summed E-state index contributed by atoms with van der Waals surface area (Å²) < 4.78 is 1.52. The number of rotatable bonds is 5. The van der Waals surface area contributed by atoms with E-state index in [1.165, 1.54) is 4.57 Å². The average molecular weight is 417 g/mol. The standard InChI is InChI=1S/C25H28N4O2/c1-4-28-14-13-21-20(15-28)25(31)29(24(26-21)19-11-6-5-7-12-19)16-22(30)27-23-17(2)9-8-10-18(23)3/h5-12H,4,13-16H2,1-3H3,(H,27,30). The van der Waals surface area contributed by atoms with E-state index in [-0.39, 0.29) is 18.0 Å². The molecule has 0 radical (unpaired) electrons. The predicted molar refractivity (Wildman–Crippen MR) is 123 cm³/mol. The Morgan fingerprint density at radius 2 is 1.77 bits per heavy atom. The van der Waals surface area contributed by atoms with Gasteiger partial charge in [-0.25, -0.2) is 4.98 Å². The number of hydrogen-bond acceptors (Lipinski definition) is 4. The van der Waals surface area contributed by atoms with Gasteiger partial charge in [0.2, 0.25) is 5.91 Å². The molecule has 0 atom stereocenters. The zero-order chi connectivity index (χ0) is 22.0. The Morgan fingerprint density at radius 1 is 1.06 bits per heavy atom. The van der Waals surface area contributed by atoms with Gasteiger partial charge >= 0.3 is 0 Å². The molecule has 0 unspecified atom stereocenters. The van der Waals surface area contributed by atoms with Crippen LogP contribution in [-0.2, 0) is 24.3 Å². The van der Waals surface area contributed by atoms with Crippen LogP contribution in [0.5, 0.6) is 0 Å². The predicted octanol–water partition coefficient (Wildman–Crippen LogP) is 3.54. The van der Waals surface area contributed by atoms with Gasteiger partial charge in [-0.1, -0.05) is 55.5 Å². The molecule has 0 saturated carbocycles. The van der Waals surface area contributed by atoms with Crippen LogP contribution in [0.1, 0.15) is 29.3 Å². The molecule has 31 heavy (non-hydrogen) atoms. The van der Waals surface area contributed by atoms with Crippen molar-refractivity contribution in [2.24, 2.45) is 0 Å². The van der Waals surface area contributed by atoms with Gasteiger partial charge in [0.15, 0.2) is 0 Å².